The highest BCUT2D eigenvalue weighted by atomic mass is 19.1. The van der Waals surface area contributed by atoms with E-state index < -0.39 is 0 Å². The third-order valence-corrected chi connectivity index (χ3v) is 4.98. The summed E-state index contributed by atoms with van der Waals surface area (Å²) in [7, 11) is 1.54. The van der Waals surface area contributed by atoms with Gasteiger partial charge in [0.1, 0.15) is 29.7 Å². The van der Waals surface area contributed by atoms with Crippen LogP contribution in [0.25, 0.3) is 16.8 Å². The Bertz CT molecular complexity index is 1240. The summed E-state index contributed by atoms with van der Waals surface area (Å²) >= 11 is 0. The van der Waals surface area contributed by atoms with Gasteiger partial charge in [-0.1, -0.05) is 6.07 Å². The Morgan fingerprint density at radius 3 is 2.79 bits per heavy atom. The molecule has 7 heteroatoms. The smallest absolute Gasteiger partial charge is 0.168 e. The van der Waals surface area contributed by atoms with E-state index >= 15 is 0 Å². The van der Waals surface area contributed by atoms with Crippen LogP contribution in [0.5, 0.6) is 5.75 Å². The van der Waals surface area contributed by atoms with Gasteiger partial charge in [0.2, 0.25) is 0 Å². The van der Waals surface area contributed by atoms with Gasteiger partial charge in [-0.05, 0) is 55.7 Å². The fraction of sp³-hybridized carbons (Fsp3) is 0.182. The molecule has 6 nitrogen and oxygen atoms in total. The first-order valence-corrected chi connectivity index (χ1v) is 9.12. The predicted octanol–water partition coefficient (Wildman–Crippen LogP) is 3.90. The highest BCUT2D eigenvalue weighted by molar-refractivity contribution is 5.79. The molecule has 0 aliphatic rings. The van der Waals surface area contributed by atoms with Crippen LogP contribution in [0.4, 0.5) is 4.39 Å². The van der Waals surface area contributed by atoms with Gasteiger partial charge in [0.25, 0.3) is 0 Å². The maximum atomic E-state index is 14.2. The van der Waals surface area contributed by atoms with Crippen molar-refractivity contribution >= 4 is 5.65 Å². The number of hydrogen-bond donors (Lipinski definition) is 0. The maximum absolute atomic E-state index is 14.2. The van der Waals surface area contributed by atoms with Gasteiger partial charge < -0.3 is 4.74 Å². The summed E-state index contributed by atoms with van der Waals surface area (Å²) in [5.74, 6) is 0.265. The van der Waals surface area contributed by atoms with Gasteiger partial charge >= 0.3 is 0 Å². The van der Waals surface area contributed by atoms with Crippen LogP contribution in [-0.2, 0) is 12.8 Å². The van der Waals surface area contributed by atoms with Crippen LogP contribution >= 0.6 is 0 Å². The minimum Gasteiger partial charge on any atom is -0.496 e. The zero-order valence-electron chi connectivity index (χ0n) is 16.1. The summed E-state index contributed by atoms with van der Waals surface area (Å²) in [5.41, 5.74) is 5.28. The summed E-state index contributed by atoms with van der Waals surface area (Å²) in [6, 6.07) is 12.6. The quantitative estimate of drug-likeness (QED) is 0.519. The SMILES string of the molecule is COc1cccc(F)c1CCc1ccc(-c2cnc(C#N)cc2C)c2nncn12. The molecule has 0 amide bonds. The van der Waals surface area contributed by atoms with Crippen LogP contribution in [0.15, 0.2) is 48.9 Å². The van der Waals surface area contributed by atoms with E-state index in [0.29, 0.717) is 35.5 Å². The normalized spacial score (nSPS) is 10.8. The van der Waals surface area contributed by atoms with Crippen molar-refractivity contribution in [2.75, 3.05) is 7.11 Å². The van der Waals surface area contributed by atoms with Crippen molar-refractivity contribution in [2.24, 2.45) is 0 Å². The van der Waals surface area contributed by atoms with E-state index in [1.807, 2.05) is 29.5 Å². The highest BCUT2D eigenvalue weighted by Crippen LogP contribution is 2.28. The second kappa shape index (κ2) is 7.68. The van der Waals surface area contributed by atoms with E-state index in [1.54, 1.807) is 37.8 Å². The van der Waals surface area contributed by atoms with Gasteiger partial charge in [0, 0.05) is 28.6 Å². The summed E-state index contributed by atoms with van der Waals surface area (Å²) in [6.45, 7) is 1.93. The lowest BCUT2D eigenvalue weighted by Gasteiger charge is -2.12. The first-order chi connectivity index (χ1) is 14.1. The number of pyridine rings is 2. The second-order valence-corrected chi connectivity index (χ2v) is 6.68. The molecule has 0 saturated heterocycles. The van der Waals surface area contributed by atoms with E-state index in [9.17, 15) is 4.39 Å². The van der Waals surface area contributed by atoms with Crippen LogP contribution in [0.3, 0.4) is 0 Å². The number of halogens is 1. The van der Waals surface area contributed by atoms with Crippen LogP contribution in [0.1, 0.15) is 22.5 Å². The molecule has 4 rings (SSSR count). The van der Waals surface area contributed by atoms with Gasteiger partial charge in [-0.15, -0.1) is 10.2 Å². The molecule has 29 heavy (non-hydrogen) atoms. The monoisotopic (exact) mass is 387 g/mol. The molecule has 0 bridgehead atoms. The Morgan fingerprint density at radius 1 is 1.17 bits per heavy atom. The third-order valence-electron chi connectivity index (χ3n) is 4.98. The topological polar surface area (TPSA) is 76.1 Å². The average molecular weight is 387 g/mol. The molecule has 0 radical (unpaired) electrons. The van der Waals surface area contributed by atoms with E-state index in [0.717, 1.165) is 22.4 Å². The Hall–Kier alpha value is -3.79. The molecular weight excluding hydrogens is 369 g/mol. The Kier molecular flexibility index (Phi) is 4.92. The molecule has 3 heterocycles. The van der Waals surface area contributed by atoms with Crippen molar-refractivity contribution < 1.29 is 9.13 Å². The van der Waals surface area contributed by atoms with Crippen molar-refractivity contribution in [3.63, 3.8) is 0 Å². The van der Waals surface area contributed by atoms with Crippen molar-refractivity contribution in [1.29, 1.82) is 5.26 Å². The number of hydrogen-bond acceptors (Lipinski definition) is 5. The third kappa shape index (κ3) is 3.41. The van der Waals surface area contributed by atoms with Crippen LogP contribution in [-0.4, -0.2) is 26.7 Å². The van der Waals surface area contributed by atoms with Crippen molar-refractivity contribution in [3.8, 4) is 22.9 Å². The second-order valence-electron chi connectivity index (χ2n) is 6.68. The lowest BCUT2D eigenvalue weighted by atomic mass is 10.0. The standard InChI is InChI=1S/C22H18FN5O/c1-14-10-15(11-24)25-12-19(14)17-8-6-16(28-13-26-27-22(17)28)7-9-18-20(23)4-3-5-21(18)29-2/h3-6,8,10,12-13H,7,9H2,1-2H3. The predicted molar refractivity (Wildman–Crippen MR) is 106 cm³/mol. The number of benzene rings is 1. The zero-order valence-corrected chi connectivity index (χ0v) is 16.1. The molecule has 3 aromatic heterocycles. The van der Waals surface area contributed by atoms with Crippen LogP contribution < -0.4 is 4.74 Å². The molecule has 0 spiro atoms. The van der Waals surface area contributed by atoms with Gasteiger partial charge in [0.05, 0.1) is 7.11 Å². The number of nitriles is 1. The lowest BCUT2D eigenvalue weighted by Crippen LogP contribution is -2.03. The summed E-state index contributed by atoms with van der Waals surface area (Å²) < 4.78 is 21.4. The maximum Gasteiger partial charge on any atom is 0.168 e. The minimum atomic E-state index is -0.278. The molecule has 0 aliphatic heterocycles. The Balaban J connectivity index is 1.70. The Morgan fingerprint density at radius 2 is 2.03 bits per heavy atom. The average Bonchev–Trinajstić information content (AvgIpc) is 3.23. The summed E-state index contributed by atoms with van der Waals surface area (Å²) in [5, 5.41) is 17.4. The number of nitrogens with zero attached hydrogens (tertiary/aromatic N) is 5. The minimum absolute atomic E-state index is 0.278. The first kappa shape index (κ1) is 18.6. The van der Waals surface area contributed by atoms with Gasteiger partial charge in [0.15, 0.2) is 5.65 Å². The fourth-order valence-corrected chi connectivity index (χ4v) is 3.50. The number of ether oxygens (including phenoxy) is 1. The number of rotatable bonds is 5. The molecule has 0 saturated carbocycles. The van der Waals surface area contributed by atoms with Crippen molar-refractivity contribution in [3.05, 3.63) is 77.3 Å². The van der Waals surface area contributed by atoms with Gasteiger partial charge in [-0.25, -0.2) is 9.37 Å². The molecule has 0 atom stereocenters. The molecule has 1 aromatic carbocycles. The van der Waals surface area contributed by atoms with Gasteiger partial charge in [-0.2, -0.15) is 5.26 Å². The van der Waals surface area contributed by atoms with E-state index in [1.165, 1.54) is 6.07 Å². The van der Waals surface area contributed by atoms with Crippen LogP contribution in [0, 0.1) is 24.1 Å². The largest absolute Gasteiger partial charge is 0.496 e. The summed E-state index contributed by atoms with van der Waals surface area (Å²) in [4.78, 5) is 4.18. The van der Waals surface area contributed by atoms with Crippen molar-refractivity contribution in [1.82, 2.24) is 19.6 Å². The molecule has 0 unspecified atom stereocenters. The molecule has 4 aromatic rings. The molecular formula is C22H18FN5O. The first-order valence-electron chi connectivity index (χ1n) is 9.12. The van der Waals surface area contributed by atoms with E-state index in [4.69, 9.17) is 10.00 Å². The number of methoxy groups -OCH3 is 1. The van der Waals surface area contributed by atoms with Gasteiger partial charge in [-0.3, -0.25) is 4.40 Å². The molecule has 0 fully saturated rings. The van der Waals surface area contributed by atoms with E-state index in [2.05, 4.69) is 15.2 Å². The summed E-state index contributed by atoms with van der Waals surface area (Å²) in [6.07, 6.45) is 4.41. The highest BCUT2D eigenvalue weighted by Gasteiger charge is 2.14. The van der Waals surface area contributed by atoms with Crippen molar-refractivity contribution in [2.45, 2.75) is 19.8 Å². The fourth-order valence-electron chi connectivity index (χ4n) is 3.50. The molecule has 0 aliphatic carbocycles. The zero-order chi connectivity index (χ0) is 20.4. The van der Waals surface area contributed by atoms with E-state index in [-0.39, 0.29) is 5.82 Å². The molecule has 144 valence electrons. The number of aromatic nitrogens is 4. The number of aryl methyl sites for hydroxylation is 2. The molecule has 0 N–H and O–H groups in total. The Labute approximate surface area is 167 Å². The van der Waals surface area contributed by atoms with Crippen LogP contribution in [0.2, 0.25) is 0 Å². The lowest BCUT2D eigenvalue weighted by molar-refractivity contribution is 0.404. The number of fused-ring (bicyclic) bond motifs is 1.